The number of likely N-dealkylation sites (tertiary alicyclic amines) is 2. The third-order valence-electron chi connectivity index (χ3n) is 4.53. The van der Waals surface area contributed by atoms with E-state index in [4.69, 9.17) is 9.84 Å². The quantitative estimate of drug-likeness (QED) is 0.809. The van der Waals surface area contributed by atoms with Gasteiger partial charge in [0.15, 0.2) is 0 Å². The van der Waals surface area contributed by atoms with Crippen molar-refractivity contribution in [1.29, 1.82) is 0 Å². The number of hydrogen-bond donors (Lipinski definition) is 1. The van der Waals surface area contributed by atoms with Crippen LogP contribution in [-0.4, -0.2) is 72.4 Å². The lowest BCUT2D eigenvalue weighted by Gasteiger charge is -2.35. The molecule has 0 bridgehead atoms. The maximum absolute atomic E-state index is 10.4. The molecule has 110 valence electrons. The Morgan fingerprint density at radius 3 is 2.58 bits per heavy atom. The number of rotatable bonds is 5. The van der Waals surface area contributed by atoms with Gasteiger partial charge in [-0.25, -0.2) is 0 Å². The summed E-state index contributed by atoms with van der Waals surface area (Å²) in [5, 5.41) is 8.59. The van der Waals surface area contributed by atoms with Crippen LogP contribution in [0.2, 0.25) is 0 Å². The van der Waals surface area contributed by atoms with Gasteiger partial charge in [0.1, 0.15) is 0 Å². The second-order valence-corrected chi connectivity index (χ2v) is 5.93. The summed E-state index contributed by atoms with van der Waals surface area (Å²) in [6.07, 6.45) is 3.71. The summed E-state index contributed by atoms with van der Waals surface area (Å²) in [4.78, 5) is 15.4. The van der Waals surface area contributed by atoms with Crippen molar-refractivity contribution in [3.63, 3.8) is 0 Å². The smallest absolute Gasteiger partial charge is 0.305 e. The van der Waals surface area contributed by atoms with Crippen molar-refractivity contribution >= 4 is 5.97 Å². The maximum atomic E-state index is 10.4. The number of carbonyl (C=O) groups is 1. The van der Waals surface area contributed by atoms with E-state index in [1.54, 1.807) is 0 Å². The first kappa shape index (κ1) is 14.8. The molecular formula is C14H26N2O3. The van der Waals surface area contributed by atoms with E-state index < -0.39 is 5.97 Å². The molecule has 0 aromatic rings. The minimum absolute atomic E-state index is 0.116. The molecule has 1 N–H and O–H groups in total. The average molecular weight is 270 g/mol. The van der Waals surface area contributed by atoms with Gasteiger partial charge in [0, 0.05) is 31.7 Å². The first-order valence-corrected chi connectivity index (χ1v) is 7.34. The Hall–Kier alpha value is -0.650. The molecule has 0 aromatic heterocycles. The molecule has 2 aliphatic rings. The van der Waals surface area contributed by atoms with E-state index in [0.717, 1.165) is 25.9 Å². The normalized spacial score (nSPS) is 30.8. The van der Waals surface area contributed by atoms with Gasteiger partial charge in [-0.15, -0.1) is 0 Å². The molecule has 0 spiro atoms. The lowest BCUT2D eigenvalue weighted by molar-refractivity contribution is -0.138. The summed E-state index contributed by atoms with van der Waals surface area (Å²) < 4.78 is 5.63. The van der Waals surface area contributed by atoms with Gasteiger partial charge in [0.05, 0.1) is 19.1 Å². The summed E-state index contributed by atoms with van der Waals surface area (Å²) in [5.41, 5.74) is 0. The van der Waals surface area contributed by atoms with Crippen LogP contribution in [0, 0.1) is 0 Å². The third kappa shape index (κ3) is 4.16. The van der Waals surface area contributed by atoms with Crippen LogP contribution in [-0.2, 0) is 9.53 Å². The van der Waals surface area contributed by atoms with Crippen LogP contribution in [0.4, 0.5) is 0 Å². The second-order valence-electron chi connectivity index (χ2n) is 5.93. The largest absolute Gasteiger partial charge is 0.481 e. The molecule has 0 saturated carbocycles. The number of carboxylic acid groups (broad SMARTS) is 1. The zero-order valence-corrected chi connectivity index (χ0v) is 12.0. The van der Waals surface area contributed by atoms with E-state index in [1.165, 1.54) is 13.0 Å². The van der Waals surface area contributed by atoms with Crippen LogP contribution < -0.4 is 0 Å². The highest BCUT2D eigenvalue weighted by Crippen LogP contribution is 2.24. The Balaban J connectivity index is 1.66. The Kier molecular flexibility index (Phi) is 5.19. The first-order chi connectivity index (χ1) is 9.06. The van der Waals surface area contributed by atoms with Gasteiger partial charge in [0.25, 0.3) is 0 Å². The van der Waals surface area contributed by atoms with Crippen LogP contribution in [0.1, 0.15) is 32.6 Å². The summed E-state index contributed by atoms with van der Waals surface area (Å²) in [5.74, 6) is -0.777. The van der Waals surface area contributed by atoms with E-state index in [-0.39, 0.29) is 12.5 Å². The van der Waals surface area contributed by atoms with Gasteiger partial charge in [-0.3, -0.25) is 9.69 Å². The van der Waals surface area contributed by atoms with Crippen LogP contribution >= 0.6 is 0 Å². The van der Waals surface area contributed by atoms with E-state index in [0.29, 0.717) is 18.7 Å². The predicted molar refractivity (Wildman–Crippen MR) is 73.3 cm³/mol. The van der Waals surface area contributed by atoms with Crippen molar-refractivity contribution in [2.75, 3.05) is 33.3 Å². The predicted octanol–water partition coefficient (Wildman–Crippen LogP) is 1.03. The van der Waals surface area contributed by atoms with Gasteiger partial charge in [-0.05, 0) is 33.2 Å². The third-order valence-corrected chi connectivity index (χ3v) is 4.53. The minimum Gasteiger partial charge on any atom is -0.481 e. The van der Waals surface area contributed by atoms with Gasteiger partial charge in [0.2, 0.25) is 0 Å². The highest BCUT2D eigenvalue weighted by molar-refractivity contribution is 5.66. The number of nitrogens with zero attached hydrogens (tertiary/aromatic N) is 2. The molecule has 0 aromatic carbocycles. The molecule has 0 radical (unpaired) electrons. The topological polar surface area (TPSA) is 53.0 Å². The fourth-order valence-corrected chi connectivity index (χ4v) is 3.15. The van der Waals surface area contributed by atoms with E-state index in [1.807, 2.05) is 0 Å². The highest BCUT2D eigenvalue weighted by Gasteiger charge is 2.32. The molecule has 2 heterocycles. The fraction of sp³-hybridized carbons (Fsp3) is 0.929. The van der Waals surface area contributed by atoms with E-state index in [2.05, 4.69) is 23.8 Å². The van der Waals surface area contributed by atoms with Crippen LogP contribution in [0.5, 0.6) is 0 Å². The number of likely N-dealkylation sites (N-methyl/N-ethyl adjacent to an activating group) is 1. The molecule has 5 nitrogen and oxygen atoms in total. The van der Waals surface area contributed by atoms with Gasteiger partial charge in [-0.1, -0.05) is 0 Å². The lowest BCUT2D eigenvalue weighted by atomic mass is 10.0. The van der Waals surface area contributed by atoms with Crippen molar-refractivity contribution in [2.45, 2.75) is 50.8 Å². The molecule has 0 amide bonds. The van der Waals surface area contributed by atoms with Crippen molar-refractivity contribution in [3.8, 4) is 0 Å². The molecule has 2 saturated heterocycles. The summed E-state index contributed by atoms with van der Waals surface area (Å²) in [6.45, 7) is 5.99. The van der Waals surface area contributed by atoms with Crippen molar-refractivity contribution < 1.29 is 14.6 Å². The average Bonchev–Trinajstić information content (AvgIpc) is 2.70. The van der Waals surface area contributed by atoms with E-state index in [9.17, 15) is 4.79 Å². The Morgan fingerprint density at radius 2 is 2.05 bits per heavy atom. The van der Waals surface area contributed by atoms with Gasteiger partial charge in [-0.2, -0.15) is 0 Å². The first-order valence-electron chi connectivity index (χ1n) is 7.34. The Labute approximate surface area is 115 Å². The number of carboxylic acids is 1. The molecule has 0 aliphatic carbocycles. The summed E-state index contributed by atoms with van der Waals surface area (Å²) in [7, 11) is 2.20. The molecule has 5 heteroatoms. The highest BCUT2D eigenvalue weighted by atomic mass is 16.5. The Morgan fingerprint density at radius 1 is 1.37 bits per heavy atom. The monoisotopic (exact) mass is 270 g/mol. The zero-order chi connectivity index (χ0) is 13.8. The van der Waals surface area contributed by atoms with Crippen LogP contribution in [0.25, 0.3) is 0 Å². The van der Waals surface area contributed by atoms with Gasteiger partial charge >= 0.3 is 5.97 Å². The Bertz CT molecular complexity index is 293. The molecule has 2 aliphatic heterocycles. The number of hydrogen-bond acceptors (Lipinski definition) is 4. The standard InChI is InChI=1S/C14H26N2O3/c1-11-9-12(10-15(11)2)16-6-3-13(4-7-16)19-8-5-14(17)18/h11-13H,3-10H2,1-2H3,(H,17,18). The number of piperidine rings is 1. The molecule has 19 heavy (non-hydrogen) atoms. The molecule has 2 unspecified atom stereocenters. The van der Waals surface area contributed by atoms with Crippen LogP contribution in [0.15, 0.2) is 0 Å². The number of ether oxygens (including phenoxy) is 1. The van der Waals surface area contributed by atoms with Crippen LogP contribution in [0.3, 0.4) is 0 Å². The van der Waals surface area contributed by atoms with Gasteiger partial charge < -0.3 is 14.7 Å². The molecule has 2 atom stereocenters. The summed E-state index contributed by atoms with van der Waals surface area (Å²) in [6, 6.07) is 1.38. The van der Waals surface area contributed by atoms with Crippen molar-refractivity contribution in [2.24, 2.45) is 0 Å². The zero-order valence-electron chi connectivity index (χ0n) is 12.0. The van der Waals surface area contributed by atoms with Crippen molar-refractivity contribution in [1.82, 2.24) is 9.80 Å². The SMILES string of the molecule is CC1CC(N2CCC(OCCC(=O)O)CC2)CN1C. The lowest BCUT2D eigenvalue weighted by Crippen LogP contribution is -2.44. The number of aliphatic carboxylic acids is 1. The maximum Gasteiger partial charge on any atom is 0.305 e. The fourth-order valence-electron chi connectivity index (χ4n) is 3.15. The second kappa shape index (κ2) is 6.68. The molecular weight excluding hydrogens is 244 g/mol. The molecule has 2 fully saturated rings. The summed E-state index contributed by atoms with van der Waals surface area (Å²) >= 11 is 0. The van der Waals surface area contributed by atoms with Crippen molar-refractivity contribution in [3.05, 3.63) is 0 Å². The molecule has 2 rings (SSSR count). The minimum atomic E-state index is -0.777. The van der Waals surface area contributed by atoms with E-state index >= 15 is 0 Å².